The van der Waals surface area contributed by atoms with Crippen LogP contribution in [-0.2, 0) is 10.1 Å². The molecule has 0 saturated heterocycles. The van der Waals surface area contributed by atoms with E-state index in [-0.39, 0.29) is 0 Å². The van der Waals surface area contributed by atoms with E-state index >= 15 is 0 Å². The van der Waals surface area contributed by atoms with Gasteiger partial charge < -0.3 is 4.74 Å². The van der Waals surface area contributed by atoms with Crippen molar-refractivity contribution in [2.24, 2.45) is 0 Å². The van der Waals surface area contributed by atoms with Gasteiger partial charge in [0, 0.05) is 17.3 Å². The van der Waals surface area contributed by atoms with Crippen LogP contribution in [0, 0.1) is 0 Å². The number of ether oxygens (including phenoxy) is 1. The topological polar surface area (TPSA) is 9.23 Å². The Morgan fingerprint density at radius 3 is 3.00 bits per heavy atom. The van der Waals surface area contributed by atoms with E-state index in [4.69, 9.17) is 4.74 Å². The van der Waals surface area contributed by atoms with Crippen molar-refractivity contribution in [2.45, 2.75) is 10.2 Å². The monoisotopic (exact) mass is 246 g/mol. The second-order valence-electron chi connectivity index (χ2n) is 2.33. The highest BCUT2D eigenvalue weighted by Crippen LogP contribution is 2.19. The Kier molecular flexibility index (Phi) is 4.73. The molecule has 1 aromatic carbocycles. The Labute approximate surface area is 85.6 Å². The Bertz CT molecular complexity index is 240. The lowest BCUT2D eigenvalue weighted by Gasteiger charge is -2.01. The van der Waals surface area contributed by atoms with Gasteiger partial charge in [0.2, 0.25) is 0 Å². The molecule has 0 aliphatic heterocycles. The maximum absolute atomic E-state index is 4.97. The van der Waals surface area contributed by atoms with E-state index < -0.39 is 0 Å². The average Bonchev–Trinajstić information content (AvgIpc) is 2.15. The number of rotatable bonds is 4. The van der Waals surface area contributed by atoms with Gasteiger partial charge in [-0.15, -0.1) is 0 Å². The summed E-state index contributed by atoms with van der Waals surface area (Å²) in [4.78, 5) is 1.26. The van der Waals surface area contributed by atoms with Crippen LogP contribution >= 0.6 is 27.7 Å². The summed E-state index contributed by atoms with van der Waals surface area (Å²) >= 11 is 5.13. The molecule has 1 aromatic rings. The fourth-order valence-corrected chi connectivity index (χ4v) is 1.86. The molecular formula is C9H11BrOS. The predicted molar refractivity (Wildman–Crippen MR) is 56.8 cm³/mol. The molecule has 0 unspecified atom stereocenters. The normalized spacial score (nSPS) is 10.2. The number of hydrogen-bond acceptors (Lipinski definition) is 2. The third-order valence-electron chi connectivity index (χ3n) is 1.40. The van der Waals surface area contributed by atoms with Crippen molar-refractivity contribution in [1.82, 2.24) is 0 Å². The van der Waals surface area contributed by atoms with Crippen LogP contribution in [0.4, 0.5) is 0 Å². The summed E-state index contributed by atoms with van der Waals surface area (Å²) in [6.07, 6.45) is 0. The van der Waals surface area contributed by atoms with Crippen molar-refractivity contribution in [3.8, 4) is 0 Å². The zero-order valence-corrected chi connectivity index (χ0v) is 9.32. The van der Waals surface area contributed by atoms with Crippen molar-refractivity contribution < 1.29 is 4.74 Å². The molecule has 0 bridgehead atoms. The van der Waals surface area contributed by atoms with Crippen LogP contribution in [0.1, 0.15) is 5.56 Å². The smallest absolute Gasteiger partial charge is 0.0963 e. The minimum Gasteiger partial charge on any atom is -0.374 e. The highest BCUT2D eigenvalue weighted by molar-refractivity contribution is 9.08. The largest absolute Gasteiger partial charge is 0.374 e. The SMILES string of the molecule is COCSc1cccc(CBr)c1. The van der Waals surface area contributed by atoms with Crippen LogP contribution in [0.5, 0.6) is 0 Å². The van der Waals surface area contributed by atoms with E-state index in [0.717, 1.165) is 5.33 Å². The molecule has 0 amide bonds. The van der Waals surface area contributed by atoms with Crippen molar-refractivity contribution >= 4 is 27.7 Å². The molecule has 0 N–H and O–H groups in total. The molecule has 0 aliphatic rings. The van der Waals surface area contributed by atoms with Crippen LogP contribution in [-0.4, -0.2) is 13.0 Å². The summed E-state index contributed by atoms with van der Waals surface area (Å²) in [6, 6.07) is 8.43. The van der Waals surface area contributed by atoms with Gasteiger partial charge in [0.15, 0.2) is 0 Å². The summed E-state index contributed by atoms with van der Waals surface area (Å²) < 4.78 is 4.97. The molecule has 1 nitrogen and oxygen atoms in total. The van der Waals surface area contributed by atoms with E-state index in [9.17, 15) is 0 Å². The first kappa shape index (κ1) is 10.1. The van der Waals surface area contributed by atoms with Gasteiger partial charge in [0.1, 0.15) is 0 Å². The van der Waals surface area contributed by atoms with Gasteiger partial charge in [-0.3, -0.25) is 0 Å². The number of methoxy groups -OCH3 is 1. The summed E-state index contributed by atoms with van der Waals surface area (Å²) in [7, 11) is 1.71. The molecule has 0 fully saturated rings. The van der Waals surface area contributed by atoms with Crippen molar-refractivity contribution in [1.29, 1.82) is 0 Å². The number of benzene rings is 1. The zero-order chi connectivity index (χ0) is 8.81. The lowest BCUT2D eigenvalue weighted by Crippen LogP contribution is -1.82. The lowest BCUT2D eigenvalue weighted by molar-refractivity contribution is 0.259. The Morgan fingerprint density at radius 2 is 2.33 bits per heavy atom. The van der Waals surface area contributed by atoms with Gasteiger partial charge >= 0.3 is 0 Å². The van der Waals surface area contributed by atoms with E-state index in [0.29, 0.717) is 5.94 Å². The molecule has 0 saturated carbocycles. The third kappa shape index (κ3) is 3.17. The molecule has 0 atom stereocenters. The molecule has 1 rings (SSSR count). The first-order chi connectivity index (χ1) is 5.86. The maximum Gasteiger partial charge on any atom is 0.0963 e. The van der Waals surface area contributed by atoms with Gasteiger partial charge in [0.25, 0.3) is 0 Å². The minimum atomic E-state index is 0.714. The summed E-state index contributed by atoms with van der Waals surface area (Å²) in [5, 5.41) is 0.911. The predicted octanol–water partition coefficient (Wildman–Crippen LogP) is 3.28. The summed E-state index contributed by atoms with van der Waals surface area (Å²) in [6.45, 7) is 0. The van der Waals surface area contributed by atoms with Crippen molar-refractivity contribution in [3.05, 3.63) is 29.8 Å². The van der Waals surface area contributed by atoms with Crippen LogP contribution in [0.25, 0.3) is 0 Å². The van der Waals surface area contributed by atoms with Crippen LogP contribution in [0.15, 0.2) is 29.2 Å². The average molecular weight is 247 g/mol. The number of thioether (sulfide) groups is 1. The molecule has 66 valence electrons. The van der Waals surface area contributed by atoms with E-state index in [1.807, 2.05) is 0 Å². The maximum atomic E-state index is 4.97. The van der Waals surface area contributed by atoms with Crippen molar-refractivity contribution in [3.63, 3.8) is 0 Å². The van der Waals surface area contributed by atoms with E-state index in [1.54, 1.807) is 18.9 Å². The fraction of sp³-hybridized carbons (Fsp3) is 0.333. The Hall–Kier alpha value is 0.01000. The lowest BCUT2D eigenvalue weighted by atomic mass is 10.2. The van der Waals surface area contributed by atoms with Crippen molar-refractivity contribution in [2.75, 3.05) is 13.0 Å². The van der Waals surface area contributed by atoms with Gasteiger partial charge in [-0.1, -0.05) is 39.8 Å². The van der Waals surface area contributed by atoms with Gasteiger partial charge in [-0.25, -0.2) is 0 Å². The first-order valence-corrected chi connectivity index (χ1v) is 5.74. The molecule has 0 aromatic heterocycles. The van der Waals surface area contributed by atoms with Crippen LogP contribution in [0.2, 0.25) is 0 Å². The summed E-state index contributed by atoms with van der Waals surface area (Å²) in [5.41, 5.74) is 1.30. The summed E-state index contributed by atoms with van der Waals surface area (Å²) in [5.74, 6) is 0.714. The quantitative estimate of drug-likeness (QED) is 0.458. The fourth-order valence-electron chi connectivity index (χ4n) is 0.845. The molecular weight excluding hydrogens is 236 g/mol. The Balaban J connectivity index is 2.60. The van der Waals surface area contributed by atoms with Gasteiger partial charge in [-0.2, -0.15) is 0 Å². The molecule has 0 radical (unpaired) electrons. The molecule has 3 heteroatoms. The van der Waals surface area contributed by atoms with Crippen LogP contribution < -0.4 is 0 Å². The minimum absolute atomic E-state index is 0.714. The number of alkyl halides is 1. The first-order valence-electron chi connectivity index (χ1n) is 3.63. The van der Waals surface area contributed by atoms with Gasteiger partial charge in [-0.05, 0) is 17.7 Å². The second-order valence-corrected chi connectivity index (χ2v) is 3.89. The van der Waals surface area contributed by atoms with E-state index in [2.05, 4.69) is 40.2 Å². The van der Waals surface area contributed by atoms with Crippen LogP contribution in [0.3, 0.4) is 0 Å². The zero-order valence-electron chi connectivity index (χ0n) is 6.92. The van der Waals surface area contributed by atoms with E-state index in [1.165, 1.54) is 10.5 Å². The molecule has 0 aliphatic carbocycles. The number of hydrogen-bond donors (Lipinski definition) is 0. The standard InChI is InChI=1S/C9H11BrOS/c1-11-7-12-9-4-2-3-8(5-9)6-10/h2-5H,6-7H2,1H3. The second kappa shape index (κ2) is 5.62. The molecule has 0 heterocycles. The highest BCUT2D eigenvalue weighted by Gasteiger charge is 1.94. The molecule has 12 heavy (non-hydrogen) atoms. The highest BCUT2D eigenvalue weighted by atomic mass is 79.9. The number of halogens is 1. The molecule has 0 spiro atoms. The van der Waals surface area contributed by atoms with Gasteiger partial charge in [0.05, 0.1) is 5.94 Å². The Morgan fingerprint density at radius 1 is 1.50 bits per heavy atom. The third-order valence-corrected chi connectivity index (χ3v) is 2.98.